The smallest absolute Gasteiger partial charge is 0.252 e. The molecule has 0 bridgehead atoms. The van der Waals surface area contributed by atoms with Gasteiger partial charge in [0.15, 0.2) is 0 Å². The number of fused-ring (bicyclic) bond motifs is 1. The molecule has 4 rings (SSSR count). The van der Waals surface area contributed by atoms with Crippen molar-refractivity contribution in [2.45, 2.75) is 26.8 Å². The summed E-state index contributed by atoms with van der Waals surface area (Å²) < 4.78 is 0. The first-order valence-electron chi connectivity index (χ1n) is 10.5. The van der Waals surface area contributed by atoms with Crippen LogP contribution in [0.1, 0.15) is 29.2 Å². The Morgan fingerprint density at radius 1 is 1.06 bits per heavy atom. The SMILES string of the molecule is Cc1cccc(NC(=O)CN2C(=O)[C@H](C)N=C(c3ccccc3)c3cc(Cl)ccc32)c1C. The minimum absolute atomic E-state index is 0.122. The number of amides is 2. The Morgan fingerprint density at radius 3 is 2.56 bits per heavy atom. The van der Waals surface area contributed by atoms with Gasteiger partial charge in [0.2, 0.25) is 5.91 Å². The van der Waals surface area contributed by atoms with Crippen LogP contribution in [0.5, 0.6) is 0 Å². The fraction of sp³-hybridized carbons (Fsp3) is 0.192. The fourth-order valence-electron chi connectivity index (χ4n) is 3.80. The molecule has 0 aliphatic carbocycles. The van der Waals surface area contributed by atoms with Gasteiger partial charge in [-0.25, -0.2) is 0 Å². The van der Waals surface area contributed by atoms with Gasteiger partial charge in [-0.1, -0.05) is 54.1 Å². The molecule has 0 aromatic heterocycles. The Balaban J connectivity index is 1.72. The van der Waals surface area contributed by atoms with E-state index < -0.39 is 6.04 Å². The molecule has 1 N–H and O–H groups in total. The monoisotopic (exact) mass is 445 g/mol. The first-order valence-corrected chi connectivity index (χ1v) is 10.8. The van der Waals surface area contributed by atoms with Crippen LogP contribution in [-0.4, -0.2) is 30.1 Å². The van der Waals surface area contributed by atoms with Crippen LogP contribution in [0.3, 0.4) is 0 Å². The van der Waals surface area contributed by atoms with Crippen LogP contribution in [0, 0.1) is 13.8 Å². The van der Waals surface area contributed by atoms with Gasteiger partial charge in [0.25, 0.3) is 5.91 Å². The molecule has 162 valence electrons. The second-order valence-electron chi connectivity index (χ2n) is 7.90. The molecule has 2 amide bonds. The molecular formula is C26H24ClN3O2. The minimum atomic E-state index is -0.648. The van der Waals surface area contributed by atoms with Crippen LogP contribution >= 0.6 is 11.6 Å². The summed E-state index contributed by atoms with van der Waals surface area (Å²) in [5.74, 6) is -0.515. The van der Waals surface area contributed by atoms with Crippen molar-refractivity contribution in [3.05, 3.63) is 94.0 Å². The third kappa shape index (κ3) is 4.30. The number of nitrogens with one attached hydrogen (secondary N) is 1. The average Bonchev–Trinajstić information content (AvgIpc) is 2.88. The highest BCUT2D eigenvalue weighted by molar-refractivity contribution is 6.32. The highest BCUT2D eigenvalue weighted by Gasteiger charge is 2.31. The third-order valence-corrected chi connectivity index (χ3v) is 5.91. The number of halogens is 1. The molecule has 1 heterocycles. The van der Waals surface area contributed by atoms with Crippen LogP contribution < -0.4 is 10.2 Å². The lowest BCUT2D eigenvalue weighted by molar-refractivity contribution is -0.122. The Morgan fingerprint density at radius 2 is 1.81 bits per heavy atom. The first-order chi connectivity index (χ1) is 15.3. The summed E-state index contributed by atoms with van der Waals surface area (Å²) in [6, 6.07) is 20.1. The quantitative estimate of drug-likeness (QED) is 0.602. The molecule has 0 unspecified atom stereocenters. The molecular weight excluding hydrogens is 422 g/mol. The van der Waals surface area contributed by atoms with Crippen LogP contribution in [0.25, 0.3) is 0 Å². The standard InChI is InChI=1S/C26H24ClN3O2/c1-16-8-7-11-22(17(16)2)29-24(31)15-30-23-13-12-20(27)14-21(23)25(28-18(3)26(30)32)19-9-5-4-6-10-19/h4-14,18H,15H2,1-3H3,(H,29,31)/t18-/m0/s1. The average molecular weight is 446 g/mol. The Kier molecular flexibility index (Phi) is 6.10. The van der Waals surface area contributed by atoms with Crippen molar-refractivity contribution in [1.29, 1.82) is 0 Å². The molecule has 1 aliphatic heterocycles. The predicted octanol–water partition coefficient (Wildman–Crippen LogP) is 5.17. The van der Waals surface area contributed by atoms with Gasteiger partial charge in [-0.2, -0.15) is 0 Å². The van der Waals surface area contributed by atoms with Gasteiger partial charge in [-0.3, -0.25) is 14.6 Å². The zero-order valence-electron chi connectivity index (χ0n) is 18.2. The van der Waals surface area contributed by atoms with E-state index >= 15 is 0 Å². The number of hydrogen-bond donors (Lipinski definition) is 1. The Hall–Kier alpha value is -3.44. The molecule has 0 saturated heterocycles. The van der Waals surface area contributed by atoms with Crippen molar-refractivity contribution in [3.63, 3.8) is 0 Å². The summed E-state index contributed by atoms with van der Waals surface area (Å²) in [4.78, 5) is 32.5. The molecule has 6 heteroatoms. The van der Waals surface area contributed by atoms with Gasteiger partial charge in [-0.05, 0) is 56.2 Å². The first kappa shape index (κ1) is 21.8. The summed E-state index contributed by atoms with van der Waals surface area (Å²) >= 11 is 6.31. The van der Waals surface area contributed by atoms with E-state index in [-0.39, 0.29) is 18.4 Å². The number of benzene rings is 3. The second kappa shape index (κ2) is 8.97. The lowest BCUT2D eigenvalue weighted by Gasteiger charge is -2.24. The van der Waals surface area contributed by atoms with E-state index in [0.29, 0.717) is 16.4 Å². The molecule has 1 atom stereocenters. The third-order valence-electron chi connectivity index (χ3n) is 5.68. The maximum Gasteiger partial charge on any atom is 0.252 e. The topological polar surface area (TPSA) is 61.8 Å². The van der Waals surface area contributed by atoms with Crippen molar-refractivity contribution < 1.29 is 9.59 Å². The molecule has 0 spiro atoms. The van der Waals surface area contributed by atoms with Crippen molar-refractivity contribution in [1.82, 2.24) is 0 Å². The van der Waals surface area contributed by atoms with Crippen molar-refractivity contribution in [3.8, 4) is 0 Å². The summed E-state index contributed by atoms with van der Waals surface area (Å²) in [7, 11) is 0. The fourth-order valence-corrected chi connectivity index (χ4v) is 3.98. The number of benzodiazepines with no additional fused rings is 1. The largest absolute Gasteiger partial charge is 0.324 e. The molecule has 5 nitrogen and oxygen atoms in total. The minimum Gasteiger partial charge on any atom is -0.324 e. The van der Waals surface area contributed by atoms with E-state index in [1.807, 2.05) is 62.4 Å². The van der Waals surface area contributed by atoms with Crippen LogP contribution in [0.2, 0.25) is 5.02 Å². The molecule has 3 aromatic rings. The summed E-state index contributed by atoms with van der Waals surface area (Å²) in [6.07, 6.45) is 0. The summed E-state index contributed by atoms with van der Waals surface area (Å²) in [5.41, 5.74) is 5.73. The van der Waals surface area contributed by atoms with E-state index in [1.54, 1.807) is 25.1 Å². The number of anilines is 2. The molecule has 1 aliphatic rings. The number of rotatable bonds is 4. The van der Waals surface area contributed by atoms with Crippen molar-refractivity contribution >= 4 is 40.5 Å². The zero-order valence-corrected chi connectivity index (χ0v) is 19.0. The second-order valence-corrected chi connectivity index (χ2v) is 8.34. The highest BCUT2D eigenvalue weighted by Crippen LogP contribution is 2.31. The Labute approximate surface area is 192 Å². The number of hydrogen-bond acceptors (Lipinski definition) is 3. The number of carbonyl (C=O) groups is 2. The molecule has 0 saturated carbocycles. The molecule has 3 aromatic carbocycles. The maximum atomic E-state index is 13.3. The number of aryl methyl sites for hydroxylation is 1. The van der Waals surface area contributed by atoms with E-state index in [0.717, 1.165) is 27.9 Å². The Bertz CT molecular complexity index is 1220. The van der Waals surface area contributed by atoms with Gasteiger partial charge in [0.1, 0.15) is 12.6 Å². The maximum absolute atomic E-state index is 13.3. The molecule has 32 heavy (non-hydrogen) atoms. The molecule has 0 fully saturated rings. The zero-order chi connectivity index (χ0) is 22.8. The van der Waals surface area contributed by atoms with Crippen LogP contribution in [0.15, 0.2) is 71.7 Å². The van der Waals surface area contributed by atoms with E-state index in [4.69, 9.17) is 16.6 Å². The lowest BCUT2D eigenvalue weighted by atomic mass is 10.00. The van der Waals surface area contributed by atoms with Crippen molar-refractivity contribution in [2.75, 3.05) is 16.8 Å². The lowest BCUT2D eigenvalue weighted by Crippen LogP contribution is -2.42. The van der Waals surface area contributed by atoms with E-state index in [9.17, 15) is 9.59 Å². The van der Waals surface area contributed by atoms with Crippen LogP contribution in [-0.2, 0) is 9.59 Å². The number of carbonyl (C=O) groups excluding carboxylic acids is 2. The highest BCUT2D eigenvalue weighted by atomic mass is 35.5. The predicted molar refractivity (Wildman–Crippen MR) is 130 cm³/mol. The van der Waals surface area contributed by atoms with Gasteiger partial charge in [0, 0.05) is 21.8 Å². The van der Waals surface area contributed by atoms with Gasteiger partial charge >= 0.3 is 0 Å². The van der Waals surface area contributed by atoms with Gasteiger partial charge in [-0.15, -0.1) is 0 Å². The number of nitrogens with zero attached hydrogens (tertiary/aromatic N) is 2. The summed E-state index contributed by atoms with van der Waals surface area (Å²) in [5, 5.41) is 3.48. The number of aliphatic imine (C=N–C) groups is 1. The molecule has 0 radical (unpaired) electrons. The summed E-state index contributed by atoms with van der Waals surface area (Å²) in [6.45, 7) is 5.58. The van der Waals surface area contributed by atoms with Crippen molar-refractivity contribution in [2.24, 2.45) is 4.99 Å². The van der Waals surface area contributed by atoms with Crippen LogP contribution in [0.4, 0.5) is 11.4 Å². The van der Waals surface area contributed by atoms with E-state index in [2.05, 4.69) is 5.32 Å². The van der Waals surface area contributed by atoms with Gasteiger partial charge in [0.05, 0.1) is 11.4 Å². The van der Waals surface area contributed by atoms with E-state index in [1.165, 1.54) is 4.90 Å². The normalized spacial score (nSPS) is 15.6. The van der Waals surface area contributed by atoms with Gasteiger partial charge < -0.3 is 10.2 Å².